The number of hydrogen-bond acceptors (Lipinski definition) is 4. The molecule has 0 aliphatic carbocycles. The van der Waals surface area contributed by atoms with E-state index < -0.39 is 34.3 Å². The summed E-state index contributed by atoms with van der Waals surface area (Å²) in [5, 5.41) is 2.76. The quantitative estimate of drug-likeness (QED) is 0.366. The Labute approximate surface area is 230 Å². The number of hydrogen-bond donors (Lipinski definition) is 1. The molecule has 3 rings (SSSR count). The first kappa shape index (κ1) is 29.8. The number of anilines is 1. The standard InChI is InChI=1S/C30H36FN3O4S/c1-6-28(30(36)32-7-2)33(19-24-11-13-25(31)14-12-24)29(35)20-34(26-15-10-22(4)23(5)18-26)39(37,38)27-16-8-21(3)9-17-27/h8-18,28H,6-7,19-20H2,1-5H3,(H,32,36). The summed E-state index contributed by atoms with van der Waals surface area (Å²) in [5.41, 5.74) is 3.73. The van der Waals surface area contributed by atoms with Crippen molar-refractivity contribution in [3.8, 4) is 0 Å². The van der Waals surface area contributed by atoms with Crippen LogP contribution in [0.4, 0.5) is 10.1 Å². The molecule has 1 unspecified atom stereocenters. The van der Waals surface area contributed by atoms with Crippen molar-refractivity contribution in [1.29, 1.82) is 0 Å². The van der Waals surface area contributed by atoms with Gasteiger partial charge >= 0.3 is 0 Å². The molecule has 0 aliphatic rings. The monoisotopic (exact) mass is 553 g/mol. The van der Waals surface area contributed by atoms with Gasteiger partial charge in [0.15, 0.2) is 0 Å². The van der Waals surface area contributed by atoms with E-state index in [2.05, 4.69) is 5.32 Å². The van der Waals surface area contributed by atoms with Crippen LogP contribution in [0.25, 0.3) is 0 Å². The predicted octanol–water partition coefficient (Wildman–Crippen LogP) is 4.89. The summed E-state index contributed by atoms with van der Waals surface area (Å²) in [6, 6.07) is 16.5. The van der Waals surface area contributed by atoms with E-state index in [1.807, 2.05) is 26.8 Å². The highest BCUT2D eigenvalue weighted by atomic mass is 32.2. The van der Waals surface area contributed by atoms with E-state index in [9.17, 15) is 22.4 Å². The van der Waals surface area contributed by atoms with E-state index in [-0.39, 0.29) is 17.3 Å². The number of aryl methyl sites for hydroxylation is 3. The summed E-state index contributed by atoms with van der Waals surface area (Å²) < 4.78 is 42.5. The number of carbonyl (C=O) groups is 2. The Bertz CT molecular complexity index is 1410. The molecule has 0 aromatic heterocycles. The van der Waals surface area contributed by atoms with Crippen LogP contribution >= 0.6 is 0 Å². The zero-order valence-corrected chi connectivity index (χ0v) is 23.9. The molecule has 0 spiro atoms. The molecule has 3 aromatic carbocycles. The van der Waals surface area contributed by atoms with Crippen molar-refractivity contribution >= 4 is 27.5 Å². The molecule has 2 amide bonds. The average Bonchev–Trinajstić information content (AvgIpc) is 2.90. The van der Waals surface area contributed by atoms with Crippen LogP contribution in [0.15, 0.2) is 71.6 Å². The molecule has 0 heterocycles. The lowest BCUT2D eigenvalue weighted by molar-refractivity contribution is -0.140. The average molecular weight is 554 g/mol. The van der Waals surface area contributed by atoms with Gasteiger partial charge in [-0.15, -0.1) is 0 Å². The molecule has 0 aliphatic heterocycles. The van der Waals surface area contributed by atoms with Crippen molar-refractivity contribution in [3.05, 3.63) is 94.8 Å². The fourth-order valence-corrected chi connectivity index (χ4v) is 5.65. The third kappa shape index (κ3) is 7.23. The summed E-state index contributed by atoms with van der Waals surface area (Å²) in [5.74, 6) is -1.31. The van der Waals surface area contributed by atoms with Gasteiger partial charge in [0.25, 0.3) is 10.0 Å². The molecular weight excluding hydrogens is 517 g/mol. The number of amides is 2. The van der Waals surface area contributed by atoms with Crippen molar-refractivity contribution in [1.82, 2.24) is 10.2 Å². The highest BCUT2D eigenvalue weighted by molar-refractivity contribution is 7.92. The van der Waals surface area contributed by atoms with Gasteiger partial charge in [-0.2, -0.15) is 0 Å². The molecule has 208 valence electrons. The second kappa shape index (κ2) is 12.9. The normalized spacial score (nSPS) is 12.1. The minimum Gasteiger partial charge on any atom is -0.355 e. The summed E-state index contributed by atoms with van der Waals surface area (Å²) in [6.07, 6.45) is 0.313. The summed E-state index contributed by atoms with van der Waals surface area (Å²) in [7, 11) is -4.13. The van der Waals surface area contributed by atoms with Gasteiger partial charge in [-0.25, -0.2) is 12.8 Å². The topological polar surface area (TPSA) is 86.8 Å². The highest BCUT2D eigenvalue weighted by Crippen LogP contribution is 2.27. The predicted molar refractivity (Wildman–Crippen MR) is 151 cm³/mol. The van der Waals surface area contributed by atoms with Gasteiger partial charge in [0.05, 0.1) is 10.6 Å². The molecule has 0 radical (unpaired) electrons. The maximum absolute atomic E-state index is 14.0. The number of likely N-dealkylation sites (N-methyl/N-ethyl adjacent to an activating group) is 1. The van der Waals surface area contributed by atoms with E-state index in [0.29, 0.717) is 24.2 Å². The Balaban J connectivity index is 2.08. The number of sulfonamides is 1. The Morgan fingerprint density at radius 3 is 2.10 bits per heavy atom. The third-order valence-corrected chi connectivity index (χ3v) is 8.46. The van der Waals surface area contributed by atoms with Crippen molar-refractivity contribution < 1.29 is 22.4 Å². The maximum atomic E-state index is 14.0. The lowest BCUT2D eigenvalue weighted by Gasteiger charge is -2.33. The van der Waals surface area contributed by atoms with Gasteiger partial charge in [0.1, 0.15) is 18.4 Å². The smallest absolute Gasteiger partial charge is 0.264 e. The molecular formula is C30H36FN3O4S. The zero-order valence-electron chi connectivity index (χ0n) is 23.1. The lowest BCUT2D eigenvalue weighted by atomic mass is 10.1. The number of halogens is 1. The largest absolute Gasteiger partial charge is 0.355 e. The molecule has 3 aromatic rings. The molecule has 1 atom stereocenters. The van der Waals surface area contributed by atoms with E-state index in [4.69, 9.17) is 0 Å². The number of rotatable bonds is 11. The van der Waals surface area contributed by atoms with Gasteiger partial charge in [-0.1, -0.05) is 42.8 Å². The molecule has 0 saturated heterocycles. The third-order valence-electron chi connectivity index (χ3n) is 6.67. The minimum absolute atomic E-state index is 0.0140. The summed E-state index contributed by atoms with van der Waals surface area (Å²) >= 11 is 0. The number of carbonyl (C=O) groups excluding carboxylic acids is 2. The molecule has 0 saturated carbocycles. The van der Waals surface area contributed by atoms with Gasteiger partial charge in [0, 0.05) is 13.1 Å². The summed E-state index contributed by atoms with van der Waals surface area (Å²) in [4.78, 5) is 28.3. The number of nitrogens with one attached hydrogen (secondary N) is 1. The van der Waals surface area contributed by atoms with Crippen molar-refractivity contribution in [2.45, 2.75) is 58.5 Å². The van der Waals surface area contributed by atoms with Gasteiger partial charge in [-0.3, -0.25) is 13.9 Å². The van der Waals surface area contributed by atoms with E-state index >= 15 is 0 Å². The van der Waals surface area contributed by atoms with Crippen molar-refractivity contribution in [3.63, 3.8) is 0 Å². The Morgan fingerprint density at radius 2 is 1.54 bits per heavy atom. The SMILES string of the molecule is CCNC(=O)C(CC)N(Cc1ccc(F)cc1)C(=O)CN(c1ccc(C)c(C)c1)S(=O)(=O)c1ccc(C)cc1. The molecule has 1 N–H and O–H groups in total. The van der Waals surface area contributed by atoms with E-state index in [1.54, 1.807) is 50.2 Å². The highest BCUT2D eigenvalue weighted by Gasteiger charge is 2.33. The van der Waals surface area contributed by atoms with Crippen LogP contribution in [0.2, 0.25) is 0 Å². The number of benzene rings is 3. The van der Waals surface area contributed by atoms with Gasteiger partial charge in [-0.05, 0) is 87.2 Å². The van der Waals surface area contributed by atoms with Gasteiger partial charge in [0.2, 0.25) is 11.8 Å². The second-order valence-electron chi connectivity index (χ2n) is 9.56. The van der Waals surface area contributed by atoms with Crippen molar-refractivity contribution in [2.75, 3.05) is 17.4 Å². The van der Waals surface area contributed by atoms with Crippen LogP contribution in [-0.2, 0) is 26.2 Å². The van der Waals surface area contributed by atoms with Gasteiger partial charge < -0.3 is 10.2 Å². The zero-order chi connectivity index (χ0) is 28.7. The molecule has 7 nitrogen and oxygen atoms in total. The molecule has 39 heavy (non-hydrogen) atoms. The number of nitrogens with zero attached hydrogens (tertiary/aromatic N) is 2. The Kier molecular flexibility index (Phi) is 9.86. The first-order valence-corrected chi connectivity index (χ1v) is 14.4. The summed E-state index contributed by atoms with van der Waals surface area (Å²) in [6.45, 7) is 9.11. The second-order valence-corrected chi connectivity index (χ2v) is 11.4. The maximum Gasteiger partial charge on any atom is 0.264 e. The van der Waals surface area contributed by atoms with Crippen LogP contribution in [0.1, 0.15) is 42.5 Å². The molecule has 9 heteroatoms. The first-order chi connectivity index (χ1) is 18.5. The Morgan fingerprint density at radius 1 is 0.897 bits per heavy atom. The fraction of sp³-hybridized carbons (Fsp3) is 0.333. The van der Waals surface area contributed by atoms with Crippen LogP contribution in [0, 0.1) is 26.6 Å². The lowest BCUT2D eigenvalue weighted by Crippen LogP contribution is -2.52. The molecule has 0 fully saturated rings. The van der Waals surface area contributed by atoms with Crippen LogP contribution in [0.3, 0.4) is 0 Å². The van der Waals surface area contributed by atoms with Crippen LogP contribution in [-0.4, -0.2) is 44.3 Å². The van der Waals surface area contributed by atoms with E-state index in [0.717, 1.165) is 21.0 Å². The molecule has 0 bridgehead atoms. The van der Waals surface area contributed by atoms with Crippen LogP contribution < -0.4 is 9.62 Å². The Hall–Kier alpha value is -3.72. The first-order valence-electron chi connectivity index (χ1n) is 13.0. The fourth-order valence-electron chi connectivity index (χ4n) is 4.24. The van der Waals surface area contributed by atoms with E-state index in [1.165, 1.54) is 29.2 Å². The van der Waals surface area contributed by atoms with Crippen LogP contribution in [0.5, 0.6) is 0 Å². The van der Waals surface area contributed by atoms with Crippen molar-refractivity contribution in [2.24, 2.45) is 0 Å². The minimum atomic E-state index is -4.13.